The number of carbonyl (C=O) groups excluding carboxylic acids is 2. The van der Waals surface area contributed by atoms with Crippen molar-refractivity contribution in [3.05, 3.63) is 42.0 Å². The molecular formula is C19H23NO6. The molecule has 2 N–H and O–H groups in total. The molecular weight excluding hydrogens is 338 g/mol. The maximum atomic E-state index is 12.3. The molecule has 0 aliphatic carbocycles. The first kappa shape index (κ1) is 19.5. The lowest BCUT2D eigenvalue weighted by atomic mass is 10.0. The Balaban J connectivity index is 2.23. The minimum absolute atomic E-state index is 0.0925. The van der Waals surface area contributed by atoms with Gasteiger partial charge in [-0.25, -0.2) is 0 Å². The summed E-state index contributed by atoms with van der Waals surface area (Å²) in [6, 6.07) is 6.58. The molecule has 2 rings (SSSR count). The number of carbonyl (C=O) groups is 3. The van der Waals surface area contributed by atoms with Gasteiger partial charge < -0.3 is 19.9 Å². The Morgan fingerprint density at radius 1 is 1.31 bits per heavy atom. The van der Waals surface area contributed by atoms with Crippen molar-refractivity contribution in [2.24, 2.45) is 5.92 Å². The summed E-state index contributed by atoms with van der Waals surface area (Å²) >= 11 is 0. The Hall–Kier alpha value is -2.83. The van der Waals surface area contributed by atoms with Crippen LogP contribution in [0.3, 0.4) is 0 Å². The fourth-order valence-corrected chi connectivity index (χ4v) is 2.78. The van der Waals surface area contributed by atoms with Crippen molar-refractivity contribution in [3.63, 3.8) is 0 Å². The monoisotopic (exact) mass is 361 g/mol. The van der Waals surface area contributed by atoms with Crippen molar-refractivity contribution in [3.8, 4) is 5.75 Å². The molecule has 7 nitrogen and oxygen atoms in total. The molecule has 0 saturated carbocycles. The maximum Gasteiger partial charge on any atom is 0.309 e. The van der Waals surface area contributed by atoms with Crippen molar-refractivity contribution in [1.82, 2.24) is 5.32 Å². The minimum Gasteiger partial charge on any atom is -0.496 e. The maximum absolute atomic E-state index is 12.3. The molecule has 26 heavy (non-hydrogen) atoms. The fourth-order valence-electron chi connectivity index (χ4n) is 2.78. The third-order valence-corrected chi connectivity index (χ3v) is 4.12. The molecule has 1 aromatic carbocycles. The van der Waals surface area contributed by atoms with Crippen LogP contribution in [0.5, 0.6) is 5.75 Å². The zero-order valence-electron chi connectivity index (χ0n) is 14.6. The molecule has 0 radical (unpaired) electrons. The number of rotatable bonds is 4. The lowest BCUT2D eigenvalue weighted by Gasteiger charge is -2.23. The first-order valence-electron chi connectivity index (χ1n) is 8.47. The van der Waals surface area contributed by atoms with Gasteiger partial charge in [0.25, 0.3) is 0 Å². The van der Waals surface area contributed by atoms with Crippen LogP contribution >= 0.6 is 0 Å². The van der Waals surface area contributed by atoms with Crippen molar-refractivity contribution >= 4 is 17.8 Å². The second-order valence-electron chi connectivity index (χ2n) is 6.03. The largest absolute Gasteiger partial charge is 0.496 e. The van der Waals surface area contributed by atoms with E-state index in [0.29, 0.717) is 24.2 Å². The number of hydrogen-bond donors (Lipinski definition) is 2. The van der Waals surface area contributed by atoms with Crippen LogP contribution in [0.15, 0.2) is 36.4 Å². The van der Waals surface area contributed by atoms with E-state index >= 15 is 0 Å². The highest BCUT2D eigenvalue weighted by molar-refractivity contribution is 5.79. The number of carboxylic acid groups (broad SMARTS) is 1. The van der Waals surface area contributed by atoms with Gasteiger partial charge in [-0.2, -0.15) is 0 Å². The number of amides is 1. The van der Waals surface area contributed by atoms with Gasteiger partial charge in [-0.15, -0.1) is 0 Å². The number of esters is 1. The van der Waals surface area contributed by atoms with Crippen molar-refractivity contribution in [2.75, 3.05) is 13.7 Å². The average Bonchev–Trinajstić information content (AvgIpc) is 2.62. The van der Waals surface area contributed by atoms with E-state index in [2.05, 4.69) is 5.32 Å². The van der Waals surface area contributed by atoms with Crippen LogP contribution < -0.4 is 10.1 Å². The van der Waals surface area contributed by atoms with Gasteiger partial charge in [-0.3, -0.25) is 14.4 Å². The molecule has 2 atom stereocenters. The van der Waals surface area contributed by atoms with Crippen LogP contribution in [0.4, 0.5) is 0 Å². The number of allylic oxidation sites excluding steroid dienone is 2. The van der Waals surface area contributed by atoms with E-state index in [1.165, 1.54) is 7.11 Å². The van der Waals surface area contributed by atoms with Gasteiger partial charge in [0, 0.05) is 12.0 Å². The number of benzene rings is 1. The smallest absolute Gasteiger partial charge is 0.309 e. The molecule has 7 heteroatoms. The molecule has 1 aliphatic rings. The quantitative estimate of drug-likeness (QED) is 0.630. The van der Waals surface area contributed by atoms with Gasteiger partial charge in [0.05, 0.1) is 25.5 Å². The van der Waals surface area contributed by atoms with E-state index in [1.54, 1.807) is 36.4 Å². The summed E-state index contributed by atoms with van der Waals surface area (Å²) in [5.74, 6) is -1.99. The van der Waals surface area contributed by atoms with Gasteiger partial charge in [-0.05, 0) is 18.9 Å². The highest BCUT2D eigenvalue weighted by atomic mass is 16.5. The van der Waals surface area contributed by atoms with Crippen LogP contribution in [0, 0.1) is 5.92 Å². The summed E-state index contributed by atoms with van der Waals surface area (Å²) < 4.78 is 10.7. The normalized spacial score (nSPS) is 23.0. The summed E-state index contributed by atoms with van der Waals surface area (Å²) in [5.41, 5.74) is 0.693. The standard InChI is InChI=1S/C19H23NO6/c1-25-16-9-6-5-8-14(16)15-12-26-19(24)13(11-18(22)23)7-3-2-4-10-17(21)20-15/h2-3,5-6,8-9,13,15H,4,7,10-12H2,1H3,(H,20,21)(H,22,23)/b3-2-/t13-,15-/m0/s1. The fraction of sp³-hybridized carbons (Fsp3) is 0.421. The topological polar surface area (TPSA) is 102 Å². The number of para-hydroxylation sites is 1. The number of nitrogens with one attached hydrogen (secondary N) is 1. The summed E-state index contributed by atoms with van der Waals surface area (Å²) in [6.45, 7) is -0.0925. The van der Waals surface area contributed by atoms with Crippen LogP contribution in [-0.4, -0.2) is 36.7 Å². The van der Waals surface area contributed by atoms with Gasteiger partial charge in [0.2, 0.25) is 5.91 Å². The van der Waals surface area contributed by atoms with Gasteiger partial charge in [-0.1, -0.05) is 30.4 Å². The molecule has 0 bridgehead atoms. The van der Waals surface area contributed by atoms with Gasteiger partial charge >= 0.3 is 11.9 Å². The molecule has 1 aromatic rings. The van der Waals surface area contributed by atoms with Crippen molar-refractivity contribution in [2.45, 2.75) is 31.7 Å². The molecule has 1 aliphatic heterocycles. The SMILES string of the molecule is COc1ccccc1[C@@H]1COC(=O)[C@H](CC(=O)O)C/C=C\CCC(=O)N1. The number of ether oxygens (including phenoxy) is 2. The number of aliphatic carboxylic acids is 1. The van der Waals surface area contributed by atoms with Crippen LogP contribution in [0.1, 0.15) is 37.3 Å². The first-order chi connectivity index (χ1) is 12.5. The van der Waals surface area contributed by atoms with E-state index in [4.69, 9.17) is 14.6 Å². The Morgan fingerprint density at radius 3 is 2.81 bits per heavy atom. The lowest BCUT2D eigenvalue weighted by molar-refractivity contribution is -0.153. The van der Waals surface area contributed by atoms with E-state index in [1.807, 2.05) is 0 Å². The average molecular weight is 361 g/mol. The Bertz CT molecular complexity index is 684. The summed E-state index contributed by atoms with van der Waals surface area (Å²) in [6.07, 6.45) is 4.28. The summed E-state index contributed by atoms with van der Waals surface area (Å²) in [5, 5.41) is 11.9. The predicted octanol–water partition coefficient (Wildman–Crippen LogP) is 2.23. The van der Waals surface area contributed by atoms with Gasteiger partial charge in [0.15, 0.2) is 0 Å². The van der Waals surface area contributed by atoms with Crippen molar-refractivity contribution < 1.29 is 29.0 Å². The summed E-state index contributed by atoms with van der Waals surface area (Å²) in [7, 11) is 1.52. The Morgan fingerprint density at radius 2 is 2.08 bits per heavy atom. The Labute approximate surface area is 152 Å². The third-order valence-electron chi connectivity index (χ3n) is 4.12. The Kier molecular flexibility index (Phi) is 7.20. The summed E-state index contributed by atoms with van der Waals surface area (Å²) in [4.78, 5) is 35.5. The molecule has 140 valence electrons. The van der Waals surface area contributed by atoms with Crippen molar-refractivity contribution in [1.29, 1.82) is 0 Å². The number of cyclic esters (lactones) is 1. The molecule has 1 amide bonds. The first-order valence-corrected chi connectivity index (χ1v) is 8.47. The van der Waals surface area contributed by atoms with E-state index in [9.17, 15) is 14.4 Å². The third kappa shape index (κ3) is 5.61. The highest BCUT2D eigenvalue weighted by Crippen LogP contribution is 2.26. The van der Waals surface area contributed by atoms with Gasteiger partial charge in [0.1, 0.15) is 12.4 Å². The molecule has 0 unspecified atom stereocenters. The molecule has 0 spiro atoms. The number of carboxylic acids is 1. The molecule has 0 fully saturated rings. The second kappa shape index (κ2) is 9.60. The van der Waals surface area contributed by atoms with Crippen LogP contribution in [-0.2, 0) is 19.1 Å². The predicted molar refractivity (Wildman–Crippen MR) is 93.6 cm³/mol. The molecule has 0 aromatic heterocycles. The van der Waals surface area contributed by atoms with E-state index in [-0.39, 0.29) is 25.4 Å². The lowest BCUT2D eigenvalue weighted by Crippen LogP contribution is -2.33. The van der Waals surface area contributed by atoms with E-state index < -0.39 is 23.9 Å². The second-order valence-corrected chi connectivity index (χ2v) is 6.03. The zero-order chi connectivity index (χ0) is 18.9. The molecule has 1 heterocycles. The zero-order valence-corrected chi connectivity index (χ0v) is 14.6. The van der Waals surface area contributed by atoms with Crippen LogP contribution in [0.2, 0.25) is 0 Å². The van der Waals surface area contributed by atoms with E-state index in [0.717, 1.165) is 0 Å². The molecule has 0 saturated heterocycles. The van der Waals surface area contributed by atoms with Crippen LogP contribution in [0.25, 0.3) is 0 Å². The number of methoxy groups -OCH3 is 1. The number of hydrogen-bond acceptors (Lipinski definition) is 5. The highest BCUT2D eigenvalue weighted by Gasteiger charge is 2.25. The minimum atomic E-state index is -1.05.